The van der Waals surface area contributed by atoms with E-state index in [9.17, 15) is 9.59 Å². The fourth-order valence-electron chi connectivity index (χ4n) is 2.59. The van der Waals surface area contributed by atoms with Gasteiger partial charge in [-0.15, -0.1) is 0 Å². The number of aromatic nitrogens is 1. The lowest BCUT2D eigenvalue weighted by molar-refractivity contribution is 0.0593. The van der Waals surface area contributed by atoms with Crippen LogP contribution in [0.5, 0.6) is 5.75 Å². The number of esters is 1. The van der Waals surface area contributed by atoms with Crippen LogP contribution in [0.2, 0.25) is 0 Å². The van der Waals surface area contributed by atoms with E-state index in [2.05, 4.69) is 4.98 Å². The number of thiophene rings is 1. The molecule has 0 aliphatic heterocycles. The van der Waals surface area contributed by atoms with E-state index < -0.39 is 5.97 Å². The van der Waals surface area contributed by atoms with Crippen molar-refractivity contribution in [1.82, 2.24) is 4.98 Å². The van der Waals surface area contributed by atoms with Gasteiger partial charge in [0.1, 0.15) is 18.1 Å². The van der Waals surface area contributed by atoms with Gasteiger partial charge in [-0.05, 0) is 53.1 Å². The zero-order valence-electron chi connectivity index (χ0n) is 14.4. The van der Waals surface area contributed by atoms with Crippen LogP contribution in [0.4, 0.5) is 0 Å². The molecule has 3 aromatic rings. The minimum Gasteiger partial charge on any atom is -0.487 e. The van der Waals surface area contributed by atoms with Gasteiger partial charge in [0.2, 0.25) is 0 Å². The maximum absolute atomic E-state index is 11.8. The molecule has 0 amide bonds. The molecule has 0 aliphatic rings. The van der Waals surface area contributed by atoms with Crippen molar-refractivity contribution >= 4 is 23.6 Å². The Morgan fingerprint density at radius 2 is 2.08 bits per heavy atom. The van der Waals surface area contributed by atoms with Gasteiger partial charge in [0, 0.05) is 5.56 Å². The van der Waals surface area contributed by atoms with Crippen molar-refractivity contribution in [2.45, 2.75) is 13.5 Å². The van der Waals surface area contributed by atoms with Crippen LogP contribution in [0.15, 0.2) is 47.2 Å². The number of ether oxygens (including phenoxy) is 2. The van der Waals surface area contributed by atoms with Crippen LogP contribution >= 0.6 is 11.3 Å². The average molecular weight is 367 g/mol. The van der Waals surface area contributed by atoms with Gasteiger partial charge in [-0.2, -0.15) is 11.3 Å². The molecule has 132 valence electrons. The Labute approximate surface area is 155 Å². The summed E-state index contributed by atoms with van der Waals surface area (Å²) in [6.45, 7) is 1.98. The molecule has 26 heavy (non-hydrogen) atoms. The van der Waals surface area contributed by atoms with Gasteiger partial charge in [-0.25, -0.2) is 9.78 Å². The third-order valence-electron chi connectivity index (χ3n) is 3.97. The molecule has 0 bridgehead atoms. The maximum Gasteiger partial charge on any atom is 0.356 e. The molecule has 1 aromatic carbocycles. The molecule has 2 aromatic heterocycles. The van der Waals surface area contributed by atoms with E-state index in [1.165, 1.54) is 7.11 Å². The topological polar surface area (TPSA) is 65.5 Å². The van der Waals surface area contributed by atoms with Gasteiger partial charge in [-0.1, -0.05) is 12.1 Å². The van der Waals surface area contributed by atoms with Gasteiger partial charge >= 0.3 is 5.97 Å². The van der Waals surface area contributed by atoms with E-state index in [0.717, 1.165) is 23.0 Å². The predicted octanol–water partition coefficient (Wildman–Crippen LogP) is 4.30. The summed E-state index contributed by atoms with van der Waals surface area (Å²) in [7, 11) is 1.32. The van der Waals surface area contributed by atoms with Crippen molar-refractivity contribution in [3.8, 4) is 16.9 Å². The van der Waals surface area contributed by atoms with Crippen molar-refractivity contribution in [2.24, 2.45) is 0 Å². The molecule has 0 saturated heterocycles. The van der Waals surface area contributed by atoms with Crippen LogP contribution < -0.4 is 4.74 Å². The Morgan fingerprint density at radius 1 is 1.23 bits per heavy atom. The number of pyridine rings is 1. The Balaban J connectivity index is 1.96. The molecular formula is C20H17NO4S. The number of hydrogen-bond acceptors (Lipinski definition) is 6. The predicted molar refractivity (Wildman–Crippen MR) is 99.8 cm³/mol. The first-order valence-corrected chi connectivity index (χ1v) is 8.86. The van der Waals surface area contributed by atoms with E-state index >= 15 is 0 Å². The average Bonchev–Trinajstić information content (AvgIpc) is 3.20. The minimum absolute atomic E-state index is 0.125. The SMILES string of the molecule is COC(=O)c1ccc(-c2ccsc2)c(COc2cccc(C)c2C=O)n1. The zero-order valence-corrected chi connectivity index (χ0v) is 15.2. The summed E-state index contributed by atoms with van der Waals surface area (Å²) in [5.41, 5.74) is 4.03. The summed E-state index contributed by atoms with van der Waals surface area (Å²) in [5.74, 6) is -0.0196. The number of nitrogens with zero attached hydrogens (tertiary/aromatic N) is 1. The highest BCUT2D eigenvalue weighted by molar-refractivity contribution is 7.08. The summed E-state index contributed by atoms with van der Waals surface area (Å²) < 4.78 is 10.6. The molecule has 0 radical (unpaired) electrons. The molecule has 0 atom stereocenters. The number of carbonyl (C=O) groups excluding carboxylic acids is 2. The van der Waals surface area contributed by atoms with E-state index in [0.29, 0.717) is 17.0 Å². The summed E-state index contributed by atoms with van der Waals surface area (Å²) in [5, 5.41) is 3.97. The summed E-state index contributed by atoms with van der Waals surface area (Å²) >= 11 is 1.57. The molecule has 0 aliphatic carbocycles. The van der Waals surface area contributed by atoms with Crippen LogP contribution in [-0.4, -0.2) is 24.3 Å². The monoisotopic (exact) mass is 367 g/mol. The maximum atomic E-state index is 11.8. The number of aryl methyl sites for hydroxylation is 1. The van der Waals surface area contributed by atoms with Crippen molar-refractivity contribution < 1.29 is 19.1 Å². The van der Waals surface area contributed by atoms with E-state index in [4.69, 9.17) is 9.47 Å². The van der Waals surface area contributed by atoms with Gasteiger partial charge in [-0.3, -0.25) is 4.79 Å². The number of aldehydes is 1. The minimum atomic E-state index is -0.507. The van der Waals surface area contributed by atoms with Gasteiger partial charge in [0.05, 0.1) is 18.4 Å². The third-order valence-corrected chi connectivity index (χ3v) is 4.65. The standard InChI is InChI=1S/C20H17NO4S/c1-13-4-3-5-19(16(13)10-22)25-11-18-15(14-8-9-26-12-14)6-7-17(21-18)20(23)24-2/h3-10,12H,11H2,1-2H3. The zero-order chi connectivity index (χ0) is 18.5. The normalized spacial score (nSPS) is 10.4. The summed E-state index contributed by atoms with van der Waals surface area (Å²) in [6.07, 6.45) is 0.781. The van der Waals surface area contributed by atoms with Gasteiger partial charge < -0.3 is 9.47 Å². The number of methoxy groups -OCH3 is 1. The second kappa shape index (κ2) is 7.93. The highest BCUT2D eigenvalue weighted by atomic mass is 32.1. The Morgan fingerprint density at radius 3 is 2.77 bits per heavy atom. The number of hydrogen-bond donors (Lipinski definition) is 0. The highest BCUT2D eigenvalue weighted by Gasteiger charge is 2.15. The van der Waals surface area contributed by atoms with Crippen LogP contribution in [0.25, 0.3) is 11.1 Å². The van der Waals surface area contributed by atoms with E-state index in [1.54, 1.807) is 23.5 Å². The smallest absolute Gasteiger partial charge is 0.356 e. The number of benzene rings is 1. The second-order valence-electron chi connectivity index (χ2n) is 5.59. The number of carbonyl (C=O) groups is 2. The molecule has 3 rings (SSSR count). The molecule has 0 N–H and O–H groups in total. The number of rotatable bonds is 6. The van der Waals surface area contributed by atoms with Crippen LogP contribution in [0.3, 0.4) is 0 Å². The Bertz CT molecular complexity index is 935. The fraction of sp³-hybridized carbons (Fsp3) is 0.150. The Kier molecular flexibility index (Phi) is 5.43. The first-order valence-electron chi connectivity index (χ1n) is 7.92. The van der Waals surface area contributed by atoms with E-state index in [-0.39, 0.29) is 12.3 Å². The first kappa shape index (κ1) is 17.8. The van der Waals surface area contributed by atoms with Crippen LogP contribution in [0, 0.1) is 6.92 Å². The summed E-state index contributed by atoms with van der Waals surface area (Å²) in [4.78, 5) is 27.6. The quantitative estimate of drug-likeness (QED) is 0.480. The fourth-order valence-corrected chi connectivity index (χ4v) is 3.24. The van der Waals surface area contributed by atoms with Crippen LogP contribution in [-0.2, 0) is 11.3 Å². The lowest BCUT2D eigenvalue weighted by Gasteiger charge is -2.13. The van der Waals surface area contributed by atoms with Crippen molar-refractivity contribution in [2.75, 3.05) is 7.11 Å². The molecule has 5 nitrogen and oxygen atoms in total. The van der Waals surface area contributed by atoms with Crippen molar-refractivity contribution in [1.29, 1.82) is 0 Å². The second-order valence-corrected chi connectivity index (χ2v) is 6.37. The molecule has 0 fully saturated rings. The molecule has 0 spiro atoms. The molecule has 0 saturated carbocycles. The van der Waals surface area contributed by atoms with Crippen LogP contribution in [0.1, 0.15) is 32.1 Å². The molecular weight excluding hydrogens is 350 g/mol. The highest BCUT2D eigenvalue weighted by Crippen LogP contribution is 2.27. The molecule has 2 heterocycles. The lowest BCUT2D eigenvalue weighted by Crippen LogP contribution is -2.09. The van der Waals surface area contributed by atoms with Gasteiger partial charge in [0.15, 0.2) is 6.29 Å². The summed E-state index contributed by atoms with van der Waals surface area (Å²) in [6, 6.07) is 10.9. The van der Waals surface area contributed by atoms with E-state index in [1.807, 2.05) is 41.9 Å². The third kappa shape index (κ3) is 3.65. The molecule has 6 heteroatoms. The Hall–Kier alpha value is -2.99. The van der Waals surface area contributed by atoms with Crippen molar-refractivity contribution in [3.05, 3.63) is 69.7 Å². The van der Waals surface area contributed by atoms with Gasteiger partial charge in [0.25, 0.3) is 0 Å². The molecule has 0 unspecified atom stereocenters. The first-order chi connectivity index (χ1) is 12.6. The lowest BCUT2D eigenvalue weighted by atomic mass is 10.1. The van der Waals surface area contributed by atoms with Crippen molar-refractivity contribution in [3.63, 3.8) is 0 Å². The largest absolute Gasteiger partial charge is 0.487 e.